The number of aromatic nitrogens is 3. The number of nitrogens with one attached hydrogen (secondary N) is 1. The molecule has 2 heterocycles. The first-order valence-corrected chi connectivity index (χ1v) is 6.48. The molecule has 0 bridgehead atoms. The van der Waals surface area contributed by atoms with Crippen LogP contribution in [0.5, 0.6) is 0 Å². The summed E-state index contributed by atoms with van der Waals surface area (Å²) in [6.07, 6.45) is 4.10. The predicted molar refractivity (Wildman–Crippen MR) is 74.1 cm³/mol. The van der Waals surface area contributed by atoms with Gasteiger partial charge in [0.15, 0.2) is 0 Å². The SMILES string of the molecule is O=c1[nH]c2c(n3ccnc13)Cc1ccc(Cl)c(Cl)c1-2. The summed E-state index contributed by atoms with van der Waals surface area (Å²) >= 11 is 12.3. The van der Waals surface area contributed by atoms with Gasteiger partial charge >= 0.3 is 0 Å². The molecule has 19 heavy (non-hydrogen) atoms. The zero-order valence-electron chi connectivity index (χ0n) is 9.58. The van der Waals surface area contributed by atoms with Gasteiger partial charge in [0.1, 0.15) is 0 Å². The maximum Gasteiger partial charge on any atom is 0.292 e. The Kier molecular flexibility index (Phi) is 2.11. The summed E-state index contributed by atoms with van der Waals surface area (Å²) < 4.78 is 1.80. The Morgan fingerprint density at radius 2 is 2.16 bits per heavy atom. The molecule has 0 aliphatic heterocycles. The lowest BCUT2D eigenvalue weighted by Gasteiger charge is -2.05. The second-order valence-corrected chi connectivity index (χ2v) is 5.25. The first-order chi connectivity index (χ1) is 9.16. The maximum atomic E-state index is 12.0. The van der Waals surface area contributed by atoms with Crippen LogP contribution in [-0.4, -0.2) is 14.4 Å². The lowest BCUT2D eigenvalue weighted by Crippen LogP contribution is -2.13. The molecule has 94 valence electrons. The molecule has 1 aromatic carbocycles. The van der Waals surface area contributed by atoms with Crippen molar-refractivity contribution in [3.8, 4) is 11.3 Å². The maximum absolute atomic E-state index is 12.0. The molecule has 4 nitrogen and oxygen atoms in total. The highest BCUT2D eigenvalue weighted by Crippen LogP contribution is 2.42. The molecular formula is C13H7Cl2N3O. The number of fused-ring (bicyclic) bond motifs is 5. The summed E-state index contributed by atoms with van der Waals surface area (Å²) in [6.45, 7) is 0. The number of aromatic amines is 1. The monoisotopic (exact) mass is 291 g/mol. The van der Waals surface area contributed by atoms with Crippen molar-refractivity contribution in [2.24, 2.45) is 0 Å². The van der Waals surface area contributed by atoms with Gasteiger partial charge in [-0.2, -0.15) is 0 Å². The molecule has 1 aliphatic rings. The van der Waals surface area contributed by atoms with Crippen LogP contribution < -0.4 is 5.56 Å². The van der Waals surface area contributed by atoms with E-state index < -0.39 is 0 Å². The highest BCUT2D eigenvalue weighted by Gasteiger charge is 2.26. The summed E-state index contributed by atoms with van der Waals surface area (Å²) in [7, 11) is 0. The van der Waals surface area contributed by atoms with Gasteiger partial charge in [-0.1, -0.05) is 29.3 Å². The van der Waals surface area contributed by atoms with Crippen LogP contribution in [0.4, 0.5) is 0 Å². The van der Waals surface area contributed by atoms with Crippen molar-refractivity contribution in [1.82, 2.24) is 14.4 Å². The molecule has 3 aromatic rings. The number of rotatable bonds is 0. The van der Waals surface area contributed by atoms with Gasteiger partial charge in [0.2, 0.25) is 5.65 Å². The molecule has 0 fully saturated rings. The Hall–Kier alpha value is -1.78. The zero-order chi connectivity index (χ0) is 13.1. The second kappa shape index (κ2) is 3.62. The van der Waals surface area contributed by atoms with Crippen LogP contribution in [-0.2, 0) is 6.42 Å². The number of halogens is 2. The molecule has 0 radical (unpaired) electrons. The van der Waals surface area contributed by atoms with Crippen molar-refractivity contribution in [3.63, 3.8) is 0 Å². The summed E-state index contributed by atoms with van der Waals surface area (Å²) in [5, 5.41) is 0.966. The van der Waals surface area contributed by atoms with Gasteiger partial charge in [-0.15, -0.1) is 0 Å². The van der Waals surface area contributed by atoms with Gasteiger partial charge < -0.3 is 4.98 Å². The van der Waals surface area contributed by atoms with Crippen molar-refractivity contribution in [2.75, 3.05) is 0 Å². The van der Waals surface area contributed by atoms with Crippen LogP contribution in [0.2, 0.25) is 10.0 Å². The van der Waals surface area contributed by atoms with Gasteiger partial charge in [-0.25, -0.2) is 4.98 Å². The van der Waals surface area contributed by atoms with Crippen molar-refractivity contribution >= 4 is 28.8 Å². The van der Waals surface area contributed by atoms with Crippen molar-refractivity contribution in [3.05, 3.63) is 56.2 Å². The summed E-state index contributed by atoms with van der Waals surface area (Å²) in [5.41, 5.74) is 3.75. The topological polar surface area (TPSA) is 50.2 Å². The summed E-state index contributed by atoms with van der Waals surface area (Å²) in [6, 6.07) is 3.71. The first kappa shape index (κ1) is 11.1. The minimum Gasteiger partial charge on any atom is -0.317 e. The molecule has 0 unspecified atom stereocenters. The number of nitrogens with zero attached hydrogens (tertiary/aromatic N) is 2. The van der Waals surface area contributed by atoms with Crippen LogP contribution in [0, 0.1) is 0 Å². The molecule has 0 amide bonds. The van der Waals surface area contributed by atoms with E-state index in [4.69, 9.17) is 23.2 Å². The van der Waals surface area contributed by atoms with E-state index in [2.05, 4.69) is 9.97 Å². The fraction of sp³-hybridized carbons (Fsp3) is 0.0769. The number of H-pyrrole nitrogens is 1. The van der Waals surface area contributed by atoms with Gasteiger partial charge in [0, 0.05) is 24.4 Å². The minimum absolute atomic E-state index is 0.229. The molecule has 0 spiro atoms. The second-order valence-electron chi connectivity index (χ2n) is 4.47. The fourth-order valence-corrected chi connectivity index (χ4v) is 3.06. The molecule has 0 atom stereocenters. The Balaban J connectivity index is 2.18. The van der Waals surface area contributed by atoms with Gasteiger partial charge in [0.25, 0.3) is 5.56 Å². The Morgan fingerprint density at radius 3 is 3.00 bits per heavy atom. The zero-order valence-corrected chi connectivity index (χ0v) is 11.1. The predicted octanol–water partition coefficient (Wildman–Crippen LogP) is 2.90. The largest absolute Gasteiger partial charge is 0.317 e. The van der Waals surface area contributed by atoms with Crippen molar-refractivity contribution in [2.45, 2.75) is 6.42 Å². The van der Waals surface area contributed by atoms with Crippen molar-refractivity contribution in [1.29, 1.82) is 0 Å². The third-order valence-corrected chi connectivity index (χ3v) is 4.26. The lowest BCUT2D eigenvalue weighted by atomic mass is 10.1. The quantitative estimate of drug-likeness (QED) is 0.542. The van der Waals surface area contributed by atoms with Crippen LogP contribution in [0.25, 0.3) is 16.9 Å². The molecule has 6 heteroatoms. The molecule has 0 saturated heterocycles. The molecular weight excluding hydrogens is 285 g/mol. The molecule has 1 aliphatic carbocycles. The first-order valence-electron chi connectivity index (χ1n) is 5.72. The smallest absolute Gasteiger partial charge is 0.292 e. The van der Waals surface area contributed by atoms with E-state index >= 15 is 0 Å². The third-order valence-electron chi connectivity index (χ3n) is 3.45. The highest BCUT2D eigenvalue weighted by atomic mass is 35.5. The van der Waals surface area contributed by atoms with Crippen LogP contribution in [0.1, 0.15) is 11.3 Å². The fourth-order valence-electron chi connectivity index (χ4n) is 2.62. The van der Waals surface area contributed by atoms with Crippen molar-refractivity contribution < 1.29 is 0 Å². The summed E-state index contributed by atoms with van der Waals surface area (Å²) in [4.78, 5) is 18.9. The van der Waals surface area contributed by atoms with E-state index in [9.17, 15) is 4.79 Å². The number of hydrogen-bond donors (Lipinski definition) is 1. The van der Waals surface area contributed by atoms with Crippen LogP contribution in [0.15, 0.2) is 29.3 Å². The van der Waals surface area contributed by atoms with E-state index in [1.165, 1.54) is 0 Å². The normalized spacial score (nSPS) is 12.7. The van der Waals surface area contributed by atoms with E-state index in [0.717, 1.165) is 22.5 Å². The standard InChI is InChI=1S/C13H7Cl2N3O/c14-7-2-1-6-5-8-11(9(6)10(7)15)17-13(19)12-16-3-4-18(8)12/h1-4H,5H2,(H,17,19). The highest BCUT2D eigenvalue weighted by molar-refractivity contribution is 6.44. The lowest BCUT2D eigenvalue weighted by molar-refractivity contribution is 1.00. The number of benzene rings is 1. The van der Waals surface area contributed by atoms with Gasteiger partial charge in [-0.3, -0.25) is 9.20 Å². The Morgan fingerprint density at radius 1 is 1.32 bits per heavy atom. The van der Waals surface area contributed by atoms with Gasteiger partial charge in [-0.05, 0) is 11.6 Å². The Labute approximate surface area is 117 Å². The third kappa shape index (κ3) is 1.35. The molecule has 2 aromatic heterocycles. The molecule has 0 saturated carbocycles. The van der Waals surface area contributed by atoms with Crippen LogP contribution in [0.3, 0.4) is 0 Å². The average Bonchev–Trinajstić information content (AvgIpc) is 2.98. The van der Waals surface area contributed by atoms with E-state index in [1.54, 1.807) is 22.9 Å². The number of imidazole rings is 1. The molecule has 4 rings (SSSR count). The average molecular weight is 292 g/mol. The molecule has 1 N–H and O–H groups in total. The minimum atomic E-state index is -0.229. The number of hydrogen-bond acceptors (Lipinski definition) is 2. The summed E-state index contributed by atoms with van der Waals surface area (Å²) in [5.74, 6) is 0. The van der Waals surface area contributed by atoms with E-state index in [0.29, 0.717) is 22.1 Å². The van der Waals surface area contributed by atoms with Crippen LogP contribution >= 0.6 is 23.2 Å². The van der Waals surface area contributed by atoms with Gasteiger partial charge in [0.05, 0.1) is 21.4 Å². The van der Waals surface area contributed by atoms with E-state index in [-0.39, 0.29) is 5.56 Å². The van der Waals surface area contributed by atoms with E-state index in [1.807, 2.05) is 6.07 Å². The Bertz CT molecular complexity index is 895.